The van der Waals surface area contributed by atoms with Gasteiger partial charge in [0.15, 0.2) is 5.11 Å². The molecule has 0 radical (unpaired) electrons. The summed E-state index contributed by atoms with van der Waals surface area (Å²) in [5, 5.41) is 7.20. The van der Waals surface area contributed by atoms with Gasteiger partial charge >= 0.3 is 0 Å². The van der Waals surface area contributed by atoms with Crippen molar-refractivity contribution in [2.75, 3.05) is 39.5 Å². The predicted molar refractivity (Wildman–Crippen MR) is 96.6 cm³/mol. The molecule has 0 fully saturated rings. The van der Waals surface area contributed by atoms with E-state index in [9.17, 15) is 0 Å². The highest BCUT2D eigenvalue weighted by Gasteiger charge is 1.97. The summed E-state index contributed by atoms with van der Waals surface area (Å²) in [4.78, 5) is 3.45. The zero-order valence-electron chi connectivity index (χ0n) is 12.0. The van der Waals surface area contributed by atoms with Crippen molar-refractivity contribution >= 4 is 45.0 Å². The lowest BCUT2D eigenvalue weighted by Gasteiger charge is -2.12. The number of hydrogen-bond acceptors (Lipinski definition) is 3. The standard InChI is InChI=1S/C14H22BrN3S2/c1-18(2)10-3-8-16-14(19)17-9-11-20-13-6-4-12(15)5-7-13/h4-7H,3,8-11H2,1-2H3,(H2,16,17,19). The first-order valence-electron chi connectivity index (χ1n) is 6.63. The van der Waals surface area contributed by atoms with Crippen molar-refractivity contribution in [3.05, 3.63) is 28.7 Å². The summed E-state index contributed by atoms with van der Waals surface area (Å²) in [5.41, 5.74) is 0. The largest absolute Gasteiger partial charge is 0.363 e. The highest BCUT2D eigenvalue weighted by Crippen LogP contribution is 2.19. The molecule has 6 heteroatoms. The van der Waals surface area contributed by atoms with Gasteiger partial charge in [-0.15, -0.1) is 11.8 Å². The van der Waals surface area contributed by atoms with Crippen molar-refractivity contribution in [3.63, 3.8) is 0 Å². The van der Waals surface area contributed by atoms with Crippen molar-refractivity contribution in [1.82, 2.24) is 15.5 Å². The maximum Gasteiger partial charge on any atom is 0.166 e. The van der Waals surface area contributed by atoms with Crippen LogP contribution in [-0.4, -0.2) is 49.5 Å². The number of halogens is 1. The SMILES string of the molecule is CN(C)CCCNC(=S)NCCSc1ccc(Br)cc1. The molecule has 20 heavy (non-hydrogen) atoms. The number of nitrogens with one attached hydrogen (secondary N) is 2. The summed E-state index contributed by atoms with van der Waals surface area (Å²) in [5.74, 6) is 1.00. The van der Waals surface area contributed by atoms with E-state index in [1.165, 1.54) is 4.90 Å². The first kappa shape index (κ1) is 17.8. The average molecular weight is 376 g/mol. The van der Waals surface area contributed by atoms with Gasteiger partial charge in [-0.05, 0) is 63.5 Å². The third-order valence-corrected chi connectivity index (χ3v) is 4.37. The zero-order valence-corrected chi connectivity index (χ0v) is 15.2. The molecule has 1 aromatic rings. The maximum atomic E-state index is 5.23. The smallest absolute Gasteiger partial charge is 0.166 e. The molecule has 0 unspecified atom stereocenters. The second kappa shape index (κ2) is 10.4. The molecule has 0 saturated heterocycles. The second-order valence-corrected chi connectivity index (χ2v) is 7.13. The average Bonchev–Trinajstić information content (AvgIpc) is 2.41. The maximum absolute atomic E-state index is 5.23. The van der Waals surface area contributed by atoms with Crippen LogP contribution in [0.2, 0.25) is 0 Å². The minimum Gasteiger partial charge on any atom is -0.363 e. The summed E-state index contributed by atoms with van der Waals surface area (Å²) in [6.07, 6.45) is 1.10. The van der Waals surface area contributed by atoms with Gasteiger partial charge in [-0.2, -0.15) is 0 Å². The van der Waals surface area contributed by atoms with Crippen LogP contribution >= 0.6 is 39.9 Å². The van der Waals surface area contributed by atoms with Crippen LogP contribution in [0.25, 0.3) is 0 Å². The lowest BCUT2D eigenvalue weighted by atomic mass is 10.4. The molecule has 0 aliphatic carbocycles. The Labute approximate surface area is 140 Å². The predicted octanol–water partition coefficient (Wildman–Crippen LogP) is 2.96. The first-order valence-corrected chi connectivity index (χ1v) is 8.81. The Bertz CT molecular complexity index is 396. The van der Waals surface area contributed by atoms with Gasteiger partial charge in [0, 0.05) is 28.2 Å². The molecule has 0 spiro atoms. The molecule has 0 atom stereocenters. The molecule has 3 nitrogen and oxygen atoms in total. The Kier molecular flexibility index (Phi) is 9.26. The van der Waals surface area contributed by atoms with Crippen LogP contribution in [0.1, 0.15) is 6.42 Å². The Hall–Kier alpha value is -0.300. The number of hydrogen-bond donors (Lipinski definition) is 2. The van der Waals surface area contributed by atoms with Crippen LogP contribution in [0.4, 0.5) is 0 Å². The van der Waals surface area contributed by atoms with E-state index in [0.29, 0.717) is 0 Å². The van der Waals surface area contributed by atoms with Crippen LogP contribution in [0.15, 0.2) is 33.6 Å². The monoisotopic (exact) mass is 375 g/mol. The third kappa shape index (κ3) is 8.79. The second-order valence-electron chi connectivity index (χ2n) is 4.64. The Balaban J connectivity index is 2.03. The number of thiocarbonyl (C=S) groups is 1. The van der Waals surface area contributed by atoms with Gasteiger partial charge in [0.2, 0.25) is 0 Å². The van der Waals surface area contributed by atoms with Crippen LogP contribution < -0.4 is 10.6 Å². The molecule has 0 aliphatic heterocycles. The van der Waals surface area contributed by atoms with E-state index in [1.807, 2.05) is 11.8 Å². The van der Waals surface area contributed by atoms with E-state index < -0.39 is 0 Å². The summed E-state index contributed by atoms with van der Waals surface area (Å²) >= 11 is 10.5. The summed E-state index contributed by atoms with van der Waals surface area (Å²) in [6.45, 7) is 2.87. The van der Waals surface area contributed by atoms with Gasteiger partial charge in [0.05, 0.1) is 0 Å². The Morgan fingerprint density at radius 2 is 1.85 bits per heavy atom. The molecule has 0 aliphatic rings. The molecule has 2 N–H and O–H groups in total. The quantitative estimate of drug-likeness (QED) is 0.413. The Morgan fingerprint density at radius 1 is 1.20 bits per heavy atom. The van der Waals surface area contributed by atoms with Crippen molar-refractivity contribution in [2.24, 2.45) is 0 Å². The third-order valence-electron chi connectivity index (χ3n) is 2.54. The number of thioether (sulfide) groups is 1. The number of rotatable bonds is 8. The normalized spacial score (nSPS) is 10.6. The fourth-order valence-corrected chi connectivity index (χ4v) is 2.76. The van der Waals surface area contributed by atoms with Gasteiger partial charge < -0.3 is 15.5 Å². The Morgan fingerprint density at radius 3 is 2.50 bits per heavy atom. The van der Waals surface area contributed by atoms with E-state index in [-0.39, 0.29) is 0 Å². The van der Waals surface area contributed by atoms with E-state index in [0.717, 1.165) is 41.4 Å². The number of nitrogens with zero attached hydrogens (tertiary/aromatic N) is 1. The molecule has 0 aromatic heterocycles. The zero-order chi connectivity index (χ0) is 14.8. The summed E-state index contributed by atoms with van der Waals surface area (Å²) in [7, 11) is 4.16. The van der Waals surface area contributed by atoms with Crippen molar-refractivity contribution in [3.8, 4) is 0 Å². The minimum atomic E-state index is 0.750. The molecule has 0 saturated carbocycles. The van der Waals surface area contributed by atoms with E-state index >= 15 is 0 Å². The summed E-state index contributed by atoms with van der Waals surface area (Å²) in [6, 6.07) is 8.36. The van der Waals surface area contributed by atoms with Crippen LogP contribution in [0.3, 0.4) is 0 Å². The van der Waals surface area contributed by atoms with Gasteiger partial charge in [-0.3, -0.25) is 0 Å². The van der Waals surface area contributed by atoms with Crippen LogP contribution in [-0.2, 0) is 0 Å². The highest BCUT2D eigenvalue weighted by molar-refractivity contribution is 9.10. The topological polar surface area (TPSA) is 27.3 Å². The van der Waals surface area contributed by atoms with Gasteiger partial charge in [-0.25, -0.2) is 0 Å². The molecule has 0 bridgehead atoms. The lowest BCUT2D eigenvalue weighted by Crippen LogP contribution is -2.37. The molecule has 1 rings (SSSR count). The molecule has 0 amide bonds. The van der Waals surface area contributed by atoms with Gasteiger partial charge in [-0.1, -0.05) is 15.9 Å². The molecule has 1 aromatic carbocycles. The molecule has 0 heterocycles. The van der Waals surface area contributed by atoms with Gasteiger partial charge in [0.25, 0.3) is 0 Å². The molecule has 112 valence electrons. The van der Waals surface area contributed by atoms with Crippen LogP contribution in [0.5, 0.6) is 0 Å². The van der Waals surface area contributed by atoms with E-state index in [1.54, 1.807) is 0 Å². The van der Waals surface area contributed by atoms with Crippen molar-refractivity contribution in [2.45, 2.75) is 11.3 Å². The number of benzene rings is 1. The first-order chi connectivity index (χ1) is 9.58. The van der Waals surface area contributed by atoms with E-state index in [4.69, 9.17) is 12.2 Å². The van der Waals surface area contributed by atoms with Crippen LogP contribution in [0, 0.1) is 0 Å². The molecular weight excluding hydrogens is 354 g/mol. The van der Waals surface area contributed by atoms with E-state index in [2.05, 4.69) is 69.8 Å². The van der Waals surface area contributed by atoms with Crippen molar-refractivity contribution in [1.29, 1.82) is 0 Å². The van der Waals surface area contributed by atoms with Gasteiger partial charge in [0.1, 0.15) is 0 Å². The minimum absolute atomic E-state index is 0.750. The molecular formula is C14H22BrN3S2. The lowest BCUT2D eigenvalue weighted by molar-refractivity contribution is 0.400. The fraction of sp³-hybridized carbons (Fsp3) is 0.500. The van der Waals surface area contributed by atoms with Crippen molar-refractivity contribution < 1.29 is 0 Å². The highest BCUT2D eigenvalue weighted by atomic mass is 79.9. The fourth-order valence-electron chi connectivity index (χ4n) is 1.52. The summed E-state index contributed by atoms with van der Waals surface area (Å²) < 4.78 is 1.11.